The quantitative estimate of drug-likeness (QED) is 0.368. The predicted molar refractivity (Wildman–Crippen MR) is 114 cm³/mol. The van der Waals surface area contributed by atoms with Gasteiger partial charge in [0.25, 0.3) is 11.6 Å². The van der Waals surface area contributed by atoms with Crippen molar-refractivity contribution < 1.29 is 9.72 Å². The molecule has 9 heteroatoms. The minimum atomic E-state index is -0.430. The van der Waals surface area contributed by atoms with Crippen molar-refractivity contribution in [3.05, 3.63) is 57.5 Å². The third kappa shape index (κ3) is 3.96. The molecule has 9 nitrogen and oxygen atoms in total. The number of aromatic nitrogens is 3. The molecular formula is C21H24N6O3. The van der Waals surface area contributed by atoms with E-state index < -0.39 is 4.92 Å². The fourth-order valence-electron chi connectivity index (χ4n) is 3.84. The van der Waals surface area contributed by atoms with Gasteiger partial charge in [-0.15, -0.1) is 0 Å². The number of benzene rings is 1. The molecule has 0 fully saturated rings. The summed E-state index contributed by atoms with van der Waals surface area (Å²) in [5, 5.41) is 17.0. The smallest absolute Gasteiger partial charge is 0.292 e. The van der Waals surface area contributed by atoms with Crippen LogP contribution >= 0.6 is 0 Å². The summed E-state index contributed by atoms with van der Waals surface area (Å²) in [5.74, 6) is 0.774. The van der Waals surface area contributed by atoms with E-state index >= 15 is 0 Å². The lowest BCUT2D eigenvalue weighted by atomic mass is 10.2. The summed E-state index contributed by atoms with van der Waals surface area (Å²) in [6, 6.07) is 8.20. The Labute approximate surface area is 173 Å². The van der Waals surface area contributed by atoms with E-state index in [2.05, 4.69) is 20.2 Å². The summed E-state index contributed by atoms with van der Waals surface area (Å²) >= 11 is 0. The van der Waals surface area contributed by atoms with E-state index in [1.807, 2.05) is 6.92 Å². The van der Waals surface area contributed by atoms with Gasteiger partial charge in [-0.3, -0.25) is 14.9 Å². The van der Waals surface area contributed by atoms with E-state index in [9.17, 15) is 14.9 Å². The number of nitro groups is 1. The number of anilines is 1. The largest absolute Gasteiger partial charge is 0.378 e. The Kier molecular flexibility index (Phi) is 5.60. The highest BCUT2D eigenvalue weighted by molar-refractivity contribution is 6.04. The summed E-state index contributed by atoms with van der Waals surface area (Å²) in [6.45, 7) is 3.44. The lowest BCUT2D eigenvalue weighted by Crippen LogP contribution is -2.29. The number of hydrogen-bond donors (Lipinski definition) is 2. The molecule has 1 aliphatic heterocycles. The van der Waals surface area contributed by atoms with Crippen LogP contribution in [0.15, 0.2) is 30.3 Å². The molecule has 1 amide bonds. The number of carbonyl (C=O) groups is 1. The molecule has 0 saturated heterocycles. The number of amides is 1. The second-order valence-electron chi connectivity index (χ2n) is 7.43. The minimum Gasteiger partial charge on any atom is -0.378 e. The van der Waals surface area contributed by atoms with Crippen LogP contribution in [0.25, 0.3) is 11.2 Å². The maximum absolute atomic E-state index is 12.9. The summed E-state index contributed by atoms with van der Waals surface area (Å²) in [7, 11) is 0. The van der Waals surface area contributed by atoms with Crippen LogP contribution in [-0.2, 0) is 13.0 Å². The maximum Gasteiger partial charge on any atom is 0.292 e. The molecule has 0 bridgehead atoms. The fraction of sp³-hybridized carbons (Fsp3) is 0.381. The zero-order chi connectivity index (χ0) is 21.1. The first-order chi connectivity index (χ1) is 14.5. The van der Waals surface area contributed by atoms with Crippen LogP contribution in [-0.4, -0.2) is 38.5 Å². The summed E-state index contributed by atoms with van der Waals surface area (Å²) in [5.41, 5.74) is 3.14. The van der Waals surface area contributed by atoms with E-state index in [-0.39, 0.29) is 11.6 Å². The zero-order valence-corrected chi connectivity index (χ0v) is 16.9. The molecule has 156 valence electrons. The number of para-hydroxylation sites is 2. The van der Waals surface area contributed by atoms with Gasteiger partial charge in [-0.25, -0.2) is 9.97 Å². The first kappa shape index (κ1) is 19.8. The van der Waals surface area contributed by atoms with Gasteiger partial charge in [-0.2, -0.15) is 0 Å². The highest BCUT2D eigenvalue weighted by atomic mass is 16.6. The van der Waals surface area contributed by atoms with Crippen molar-refractivity contribution in [1.29, 1.82) is 0 Å². The van der Waals surface area contributed by atoms with Crippen molar-refractivity contribution in [3.63, 3.8) is 0 Å². The van der Waals surface area contributed by atoms with Crippen LogP contribution in [0.4, 0.5) is 11.4 Å². The van der Waals surface area contributed by atoms with Gasteiger partial charge >= 0.3 is 0 Å². The lowest BCUT2D eigenvalue weighted by molar-refractivity contribution is -0.384. The highest BCUT2D eigenvalue weighted by Gasteiger charge is 2.20. The third-order valence-electron chi connectivity index (χ3n) is 5.26. The highest BCUT2D eigenvalue weighted by Crippen LogP contribution is 2.24. The molecule has 0 unspecified atom stereocenters. The van der Waals surface area contributed by atoms with Gasteiger partial charge in [0.2, 0.25) is 0 Å². The molecule has 3 aromatic rings. The molecule has 0 atom stereocenters. The number of nitrogens with zero attached hydrogens (tertiary/aromatic N) is 4. The normalized spacial score (nSPS) is 13.5. The first-order valence-electron chi connectivity index (χ1n) is 10.2. The standard InChI is InChI=1S/C21H24N6O3/c1-14-13-15(19-20(24-14)26-12-6-2-3-9-18(26)25-19)21(28)23-11-10-22-16-7-4-5-8-17(16)27(29)30/h4-5,7-8,13,22H,2-3,6,9-12H2,1H3,(H,23,28). The van der Waals surface area contributed by atoms with E-state index in [0.717, 1.165) is 43.0 Å². The number of hydrogen-bond acceptors (Lipinski definition) is 6. The summed E-state index contributed by atoms with van der Waals surface area (Å²) in [4.78, 5) is 32.9. The Morgan fingerprint density at radius 2 is 2.03 bits per heavy atom. The van der Waals surface area contributed by atoms with Crippen molar-refractivity contribution in [2.45, 2.75) is 39.2 Å². The van der Waals surface area contributed by atoms with Crippen LogP contribution < -0.4 is 10.6 Å². The lowest BCUT2D eigenvalue weighted by Gasteiger charge is -2.09. The Bertz CT molecular complexity index is 1110. The SMILES string of the molecule is Cc1cc(C(=O)NCCNc2ccccc2[N+](=O)[O-])c2nc3n(c2n1)CCCCC3. The van der Waals surface area contributed by atoms with Gasteiger partial charge in [0.1, 0.15) is 17.0 Å². The van der Waals surface area contributed by atoms with Crippen molar-refractivity contribution in [3.8, 4) is 0 Å². The topological polar surface area (TPSA) is 115 Å². The van der Waals surface area contributed by atoms with Gasteiger partial charge < -0.3 is 15.2 Å². The molecule has 0 aliphatic carbocycles. The van der Waals surface area contributed by atoms with Gasteiger partial charge in [0, 0.05) is 37.8 Å². The fourth-order valence-corrected chi connectivity index (χ4v) is 3.84. The van der Waals surface area contributed by atoms with Crippen molar-refractivity contribution >= 4 is 28.4 Å². The number of nitrogens with one attached hydrogen (secondary N) is 2. The minimum absolute atomic E-state index is 0.00908. The zero-order valence-electron chi connectivity index (χ0n) is 16.9. The van der Waals surface area contributed by atoms with Crippen molar-refractivity contribution in [1.82, 2.24) is 19.9 Å². The van der Waals surface area contributed by atoms with Gasteiger partial charge in [-0.1, -0.05) is 18.6 Å². The monoisotopic (exact) mass is 408 g/mol. The van der Waals surface area contributed by atoms with E-state index in [4.69, 9.17) is 4.98 Å². The molecule has 0 spiro atoms. The molecule has 2 N–H and O–H groups in total. The number of pyridine rings is 1. The van der Waals surface area contributed by atoms with Gasteiger partial charge in [-0.05, 0) is 31.9 Å². The number of carbonyl (C=O) groups excluding carboxylic acids is 1. The first-order valence-corrected chi connectivity index (χ1v) is 10.2. The average molecular weight is 408 g/mol. The Morgan fingerprint density at radius 1 is 1.20 bits per heavy atom. The van der Waals surface area contributed by atoms with Gasteiger partial charge in [0.05, 0.1) is 10.5 Å². The van der Waals surface area contributed by atoms with Crippen LogP contribution in [0.3, 0.4) is 0 Å². The second-order valence-corrected chi connectivity index (χ2v) is 7.43. The van der Waals surface area contributed by atoms with E-state index in [1.54, 1.807) is 24.3 Å². The van der Waals surface area contributed by atoms with Crippen LogP contribution in [0.1, 0.15) is 41.1 Å². The number of imidazole rings is 1. The average Bonchev–Trinajstić information content (AvgIpc) is 2.91. The van der Waals surface area contributed by atoms with Crippen molar-refractivity contribution in [2.24, 2.45) is 0 Å². The molecular weight excluding hydrogens is 384 g/mol. The molecule has 2 aromatic heterocycles. The summed E-state index contributed by atoms with van der Waals surface area (Å²) < 4.78 is 2.14. The number of nitro benzene ring substituents is 1. The Morgan fingerprint density at radius 3 is 2.87 bits per heavy atom. The maximum atomic E-state index is 12.9. The Hall–Kier alpha value is -3.49. The molecule has 3 heterocycles. The number of fused-ring (bicyclic) bond motifs is 3. The molecule has 4 rings (SSSR count). The molecule has 0 saturated carbocycles. The number of rotatable bonds is 6. The molecule has 30 heavy (non-hydrogen) atoms. The van der Waals surface area contributed by atoms with Crippen molar-refractivity contribution in [2.75, 3.05) is 18.4 Å². The van der Waals surface area contributed by atoms with E-state index in [1.165, 1.54) is 12.5 Å². The molecule has 0 radical (unpaired) electrons. The number of aryl methyl sites for hydroxylation is 3. The summed E-state index contributed by atoms with van der Waals surface area (Å²) in [6.07, 6.45) is 4.26. The van der Waals surface area contributed by atoms with Gasteiger partial charge in [0.15, 0.2) is 5.65 Å². The Balaban J connectivity index is 1.47. The second kappa shape index (κ2) is 8.48. The molecule has 1 aliphatic rings. The predicted octanol–water partition coefficient (Wildman–Crippen LogP) is 3.22. The van der Waals surface area contributed by atoms with Crippen LogP contribution in [0, 0.1) is 17.0 Å². The van der Waals surface area contributed by atoms with Crippen LogP contribution in [0.5, 0.6) is 0 Å². The van der Waals surface area contributed by atoms with Crippen LogP contribution in [0.2, 0.25) is 0 Å². The third-order valence-corrected chi connectivity index (χ3v) is 5.26. The molecule has 1 aromatic carbocycles. The van der Waals surface area contributed by atoms with E-state index in [0.29, 0.717) is 29.9 Å².